The van der Waals surface area contributed by atoms with E-state index in [4.69, 9.17) is 15.7 Å². The third kappa shape index (κ3) is 4.55. The van der Waals surface area contributed by atoms with E-state index in [-0.39, 0.29) is 23.7 Å². The van der Waals surface area contributed by atoms with Gasteiger partial charge in [-0.05, 0) is 24.6 Å². The zero-order valence-corrected chi connectivity index (χ0v) is 10.5. The molecule has 7 heteroatoms. The summed E-state index contributed by atoms with van der Waals surface area (Å²) < 4.78 is 17.9. The van der Waals surface area contributed by atoms with Crippen molar-refractivity contribution in [2.45, 2.75) is 12.8 Å². The summed E-state index contributed by atoms with van der Waals surface area (Å²) in [5, 5.41) is 14.0. The molecule has 0 spiro atoms. The number of nitrogens with two attached hydrogens (primary N) is 1. The van der Waals surface area contributed by atoms with E-state index in [1.165, 1.54) is 12.1 Å². The minimum Gasteiger partial charge on any atom is -0.409 e. The van der Waals surface area contributed by atoms with Crippen LogP contribution in [0.25, 0.3) is 0 Å². The number of nitrogens with one attached hydrogen (secondary N) is 1. The lowest BCUT2D eigenvalue weighted by Gasteiger charge is -2.10. The zero-order chi connectivity index (χ0) is 14.3. The highest BCUT2D eigenvalue weighted by molar-refractivity contribution is 6.05. The quantitative estimate of drug-likeness (QED) is 0.238. The van der Waals surface area contributed by atoms with Gasteiger partial charge in [0.15, 0.2) is 5.84 Å². The van der Waals surface area contributed by atoms with Crippen LogP contribution in [0.1, 0.15) is 18.4 Å². The summed E-state index contributed by atoms with van der Waals surface area (Å²) in [6.07, 6.45) is 0.837. The highest BCUT2D eigenvalue weighted by atomic mass is 19.1. The van der Waals surface area contributed by atoms with Crippen LogP contribution < -0.4 is 11.1 Å². The average molecular weight is 269 g/mol. The Hall–Kier alpha value is -2.15. The molecule has 1 rings (SSSR count). The number of amidine groups is 1. The number of anilines is 1. The summed E-state index contributed by atoms with van der Waals surface area (Å²) in [5.74, 6) is -1.07. The molecule has 0 bridgehead atoms. The number of nitrogens with zero attached hydrogens (tertiary/aromatic N) is 1. The fourth-order valence-electron chi connectivity index (χ4n) is 1.48. The van der Waals surface area contributed by atoms with Crippen LogP contribution in [0.2, 0.25) is 0 Å². The minimum atomic E-state index is -0.543. The number of amides is 1. The van der Waals surface area contributed by atoms with Gasteiger partial charge in [-0.2, -0.15) is 0 Å². The van der Waals surface area contributed by atoms with Gasteiger partial charge in [-0.15, -0.1) is 0 Å². The highest BCUT2D eigenvalue weighted by Gasteiger charge is 2.11. The van der Waals surface area contributed by atoms with Gasteiger partial charge in [0.25, 0.3) is 0 Å². The van der Waals surface area contributed by atoms with Crippen LogP contribution in [0.4, 0.5) is 10.1 Å². The molecule has 1 aromatic carbocycles. The van der Waals surface area contributed by atoms with Gasteiger partial charge in [-0.25, -0.2) is 4.39 Å². The van der Waals surface area contributed by atoms with Gasteiger partial charge in [-0.3, -0.25) is 4.79 Å². The Balaban J connectivity index is 2.80. The molecule has 104 valence electrons. The fourth-order valence-corrected chi connectivity index (χ4v) is 1.48. The standard InChI is InChI=1S/C12H16FN3O3/c1-19-6-2-3-11(17)15-10-5-4-8(13)7-9(10)12(14)16-18/h4-5,7,18H,2-3,6H2,1H3,(H2,14,16)(H,15,17). The molecule has 6 nitrogen and oxygen atoms in total. The Morgan fingerprint density at radius 2 is 2.32 bits per heavy atom. The van der Waals surface area contributed by atoms with Crippen molar-refractivity contribution in [3.05, 3.63) is 29.6 Å². The van der Waals surface area contributed by atoms with Crippen LogP contribution in [-0.2, 0) is 9.53 Å². The SMILES string of the molecule is COCCCC(=O)Nc1ccc(F)cc1/C(N)=N/O. The third-order valence-electron chi connectivity index (χ3n) is 2.39. The van der Waals surface area contributed by atoms with Crippen LogP contribution in [-0.4, -0.2) is 30.7 Å². The van der Waals surface area contributed by atoms with Gasteiger partial charge in [0.1, 0.15) is 5.82 Å². The topological polar surface area (TPSA) is 96.9 Å². The van der Waals surface area contributed by atoms with Crippen molar-refractivity contribution in [1.82, 2.24) is 0 Å². The molecule has 0 unspecified atom stereocenters. The molecule has 4 N–H and O–H groups in total. The maximum absolute atomic E-state index is 13.1. The van der Waals surface area contributed by atoms with Crippen LogP contribution in [0, 0.1) is 5.82 Å². The summed E-state index contributed by atoms with van der Waals surface area (Å²) >= 11 is 0. The van der Waals surface area contributed by atoms with Crippen LogP contribution in [0.3, 0.4) is 0 Å². The number of carbonyl (C=O) groups is 1. The molecule has 19 heavy (non-hydrogen) atoms. The largest absolute Gasteiger partial charge is 0.409 e. The molecule has 0 aliphatic rings. The first-order chi connectivity index (χ1) is 9.08. The van der Waals surface area contributed by atoms with Gasteiger partial charge in [0, 0.05) is 25.7 Å². The van der Waals surface area contributed by atoms with E-state index >= 15 is 0 Å². The van der Waals surface area contributed by atoms with E-state index in [0.717, 1.165) is 6.07 Å². The van der Waals surface area contributed by atoms with Gasteiger partial charge < -0.3 is 21.0 Å². The van der Waals surface area contributed by atoms with Crippen LogP contribution in [0.15, 0.2) is 23.4 Å². The molecule has 1 amide bonds. The summed E-state index contributed by atoms with van der Waals surface area (Å²) in [7, 11) is 1.55. The number of hydrogen-bond acceptors (Lipinski definition) is 4. The van der Waals surface area contributed by atoms with E-state index in [2.05, 4.69) is 10.5 Å². The van der Waals surface area contributed by atoms with Gasteiger partial charge in [-0.1, -0.05) is 5.16 Å². The summed E-state index contributed by atoms with van der Waals surface area (Å²) in [6, 6.07) is 3.62. The minimum absolute atomic E-state index is 0.127. The van der Waals surface area contributed by atoms with E-state index in [9.17, 15) is 9.18 Å². The van der Waals surface area contributed by atoms with E-state index in [0.29, 0.717) is 18.7 Å². The van der Waals surface area contributed by atoms with Gasteiger partial charge in [0.05, 0.1) is 5.69 Å². The Bertz CT molecular complexity index is 477. The average Bonchev–Trinajstić information content (AvgIpc) is 2.40. The van der Waals surface area contributed by atoms with E-state index in [1.807, 2.05) is 0 Å². The second-order valence-electron chi connectivity index (χ2n) is 3.82. The predicted octanol–water partition coefficient (Wildman–Crippen LogP) is 1.29. The number of oxime groups is 1. The first-order valence-electron chi connectivity index (χ1n) is 5.64. The van der Waals surface area contributed by atoms with Crippen molar-refractivity contribution in [3.63, 3.8) is 0 Å². The molecule has 0 aromatic heterocycles. The normalized spacial score (nSPS) is 11.4. The monoisotopic (exact) mass is 269 g/mol. The third-order valence-corrected chi connectivity index (χ3v) is 2.39. The summed E-state index contributed by atoms with van der Waals surface area (Å²) in [4.78, 5) is 11.6. The Labute approximate surface area is 110 Å². The number of halogens is 1. The number of hydrogen-bond donors (Lipinski definition) is 3. The molecule has 0 aliphatic carbocycles. The Kier molecular flexibility index (Phi) is 5.74. The Morgan fingerprint density at radius 3 is 2.95 bits per heavy atom. The van der Waals surface area contributed by atoms with Crippen molar-refractivity contribution in [3.8, 4) is 0 Å². The van der Waals surface area contributed by atoms with Crippen molar-refractivity contribution in [1.29, 1.82) is 0 Å². The first kappa shape index (κ1) is 14.9. The van der Waals surface area contributed by atoms with E-state index < -0.39 is 5.82 Å². The molecule has 1 aromatic rings. The molecular formula is C12H16FN3O3. The zero-order valence-electron chi connectivity index (χ0n) is 10.5. The number of ether oxygens (including phenoxy) is 1. The predicted molar refractivity (Wildman–Crippen MR) is 68.7 cm³/mol. The van der Waals surface area contributed by atoms with Crippen molar-refractivity contribution in [2.75, 3.05) is 19.0 Å². The Morgan fingerprint density at radius 1 is 1.58 bits per heavy atom. The van der Waals surface area contributed by atoms with Crippen molar-refractivity contribution < 1.29 is 19.1 Å². The van der Waals surface area contributed by atoms with Crippen LogP contribution >= 0.6 is 0 Å². The summed E-state index contributed by atoms with van der Waals surface area (Å²) in [5.41, 5.74) is 5.84. The second kappa shape index (κ2) is 7.32. The maximum atomic E-state index is 13.1. The maximum Gasteiger partial charge on any atom is 0.224 e. The molecule has 0 atom stereocenters. The fraction of sp³-hybridized carbons (Fsp3) is 0.333. The van der Waals surface area contributed by atoms with E-state index in [1.54, 1.807) is 7.11 Å². The second-order valence-corrected chi connectivity index (χ2v) is 3.82. The molecule has 0 aliphatic heterocycles. The van der Waals surface area contributed by atoms with Crippen molar-refractivity contribution >= 4 is 17.4 Å². The number of carbonyl (C=O) groups excluding carboxylic acids is 1. The number of benzene rings is 1. The first-order valence-corrected chi connectivity index (χ1v) is 5.64. The highest BCUT2D eigenvalue weighted by Crippen LogP contribution is 2.17. The number of rotatable bonds is 6. The molecular weight excluding hydrogens is 253 g/mol. The smallest absolute Gasteiger partial charge is 0.224 e. The number of methoxy groups -OCH3 is 1. The molecule has 0 saturated carbocycles. The molecule has 0 radical (unpaired) electrons. The summed E-state index contributed by atoms with van der Waals surface area (Å²) in [6.45, 7) is 0.476. The lowest BCUT2D eigenvalue weighted by atomic mass is 10.1. The lowest BCUT2D eigenvalue weighted by molar-refractivity contribution is -0.116. The van der Waals surface area contributed by atoms with Crippen molar-refractivity contribution in [2.24, 2.45) is 10.9 Å². The van der Waals surface area contributed by atoms with Gasteiger partial charge in [0.2, 0.25) is 5.91 Å². The molecule has 0 saturated heterocycles. The molecule has 0 heterocycles. The molecule has 0 fully saturated rings. The van der Waals surface area contributed by atoms with Gasteiger partial charge >= 0.3 is 0 Å². The lowest BCUT2D eigenvalue weighted by Crippen LogP contribution is -2.19. The van der Waals surface area contributed by atoms with Crippen LogP contribution in [0.5, 0.6) is 0 Å².